The highest BCUT2D eigenvalue weighted by molar-refractivity contribution is 7.98. The lowest BCUT2D eigenvalue weighted by molar-refractivity contribution is 0.200. The maximum atomic E-state index is 5.99. The van der Waals surface area contributed by atoms with Crippen LogP contribution in [0.4, 0.5) is 0 Å². The highest BCUT2D eigenvalue weighted by Crippen LogP contribution is 2.28. The summed E-state index contributed by atoms with van der Waals surface area (Å²) in [6.45, 7) is 0.580. The molecule has 0 saturated carbocycles. The third-order valence-electron chi connectivity index (χ3n) is 3.63. The molecule has 0 unspecified atom stereocenters. The van der Waals surface area contributed by atoms with Crippen molar-refractivity contribution in [3.63, 3.8) is 0 Å². The summed E-state index contributed by atoms with van der Waals surface area (Å²) in [5.74, 6) is 8.47. The summed E-state index contributed by atoms with van der Waals surface area (Å²) in [6, 6.07) is 0. The highest BCUT2D eigenvalue weighted by Gasteiger charge is 2.20. The van der Waals surface area contributed by atoms with Crippen LogP contribution in [0.3, 0.4) is 0 Å². The molecule has 0 atom stereocenters. The number of hydrogen-bond donors (Lipinski definition) is 1. The zero-order valence-electron chi connectivity index (χ0n) is 12.0. The molecule has 0 fully saturated rings. The first-order valence-electron chi connectivity index (χ1n) is 7.07. The van der Waals surface area contributed by atoms with E-state index in [1.54, 1.807) is 7.11 Å². The van der Waals surface area contributed by atoms with Gasteiger partial charge in [0.05, 0.1) is 12.3 Å². The molecular formula is C13H19N5O2S. The molecule has 2 aromatic heterocycles. The molecule has 21 heavy (non-hydrogen) atoms. The van der Waals surface area contributed by atoms with Crippen molar-refractivity contribution >= 4 is 11.8 Å². The third kappa shape index (κ3) is 3.06. The summed E-state index contributed by atoms with van der Waals surface area (Å²) in [6.07, 6.45) is 5.11. The van der Waals surface area contributed by atoms with E-state index in [-0.39, 0.29) is 0 Å². The normalized spacial score (nSPS) is 14.3. The van der Waals surface area contributed by atoms with E-state index in [0.717, 1.165) is 30.1 Å². The molecule has 0 aliphatic heterocycles. The summed E-state index contributed by atoms with van der Waals surface area (Å²) in [5.41, 5.74) is 2.28. The minimum Gasteiger partial charge on any atom is -0.384 e. The van der Waals surface area contributed by atoms with Gasteiger partial charge in [0.1, 0.15) is 5.76 Å². The van der Waals surface area contributed by atoms with E-state index in [2.05, 4.69) is 15.4 Å². The van der Waals surface area contributed by atoms with Gasteiger partial charge >= 0.3 is 0 Å². The number of methoxy groups -OCH3 is 1. The Kier molecular flexibility index (Phi) is 4.45. The number of fused-ring (bicyclic) bond motifs is 1. The van der Waals surface area contributed by atoms with Crippen molar-refractivity contribution < 1.29 is 9.26 Å². The van der Waals surface area contributed by atoms with Crippen LogP contribution in [-0.4, -0.2) is 33.7 Å². The monoisotopic (exact) mass is 309 g/mol. The van der Waals surface area contributed by atoms with Gasteiger partial charge in [-0.3, -0.25) is 0 Å². The van der Waals surface area contributed by atoms with Crippen molar-refractivity contribution in [3.8, 4) is 0 Å². The summed E-state index contributed by atoms with van der Waals surface area (Å²) in [7, 11) is 1.65. The molecule has 8 heteroatoms. The summed E-state index contributed by atoms with van der Waals surface area (Å²) in [4.78, 5) is 0. The Morgan fingerprint density at radius 3 is 3.05 bits per heavy atom. The van der Waals surface area contributed by atoms with E-state index in [9.17, 15) is 0 Å². The third-order valence-corrected chi connectivity index (χ3v) is 4.59. The summed E-state index contributed by atoms with van der Waals surface area (Å²) < 4.78 is 12.0. The molecule has 114 valence electrons. The molecule has 2 N–H and O–H groups in total. The number of nitrogen functional groups attached to an aromatic ring is 1. The number of thioether (sulfide) groups is 1. The van der Waals surface area contributed by atoms with E-state index in [1.807, 2.05) is 0 Å². The second-order valence-corrected chi connectivity index (χ2v) is 5.98. The van der Waals surface area contributed by atoms with Crippen LogP contribution in [0.25, 0.3) is 0 Å². The van der Waals surface area contributed by atoms with Crippen LogP contribution < -0.4 is 5.84 Å². The highest BCUT2D eigenvalue weighted by atomic mass is 32.2. The SMILES string of the molecule is COCCc1nnc(SCc2noc3c2CCCC3)n1N. The van der Waals surface area contributed by atoms with Gasteiger partial charge < -0.3 is 15.1 Å². The molecule has 0 radical (unpaired) electrons. The Hall–Kier alpha value is -1.54. The van der Waals surface area contributed by atoms with Crippen LogP contribution >= 0.6 is 11.8 Å². The lowest BCUT2D eigenvalue weighted by Gasteiger charge is -2.08. The van der Waals surface area contributed by atoms with Gasteiger partial charge in [0.25, 0.3) is 0 Å². The van der Waals surface area contributed by atoms with Gasteiger partial charge in [0.2, 0.25) is 5.16 Å². The van der Waals surface area contributed by atoms with E-state index in [1.165, 1.54) is 34.8 Å². The van der Waals surface area contributed by atoms with Gasteiger partial charge in [0, 0.05) is 31.3 Å². The summed E-state index contributed by atoms with van der Waals surface area (Å²) in [5, 5.41) is 13.1. The van der Waals surface area contributed by atoms with Crippen LogP contribution in [0.5, 0.6) is 0 Å². The van der Waals surface area contributed by atoms with Crippen molar-refractivity contribution in [2.75, 3.05) is 19.6 Å². The Bertz CT molecular complexity index is 610. The van der Waals surface area contributed by atoms with Crippen molar-refractivity contribution in [1.29, 1.82) is 0 Å². The molecule has 0 amide bonds. The van der Waals surface area contributed by atoms with Crippen LogP contribution in [0.15, 0.2) is 9.68 Å². The Morgan fingerprint density at radius 1 is 1.33 bits per heavy atom. The number of ether oxygens (including phenoxy) is 1. The fourth-order valence-electron chi connectivity index (χ4n) is 2.46. The van der Waals surface area contributed by atoms with Crippen molar-refractivity contribution in [2.45, 2.75) is 43.0 Å². The Morgan fingerprint density at radius 2 is 2.19 bits per heavy atom. The lowest BCUT2D eigenvalue weighted by atomic mass is 9.97. The Balaban J connectivity index is 1.65. The van der Waals surface area contributed by atoms with E-state index >= 15 is 0 Å². The van der Waals surface area contributed by atoms with Gasteiger partial charge in [0.15, 0.2) is 5.82 Å². The maximum absolute atomic E-state index is 5.99. The molecule has 1 aliphatic rings. The van der Waals surface area contributed by atoms with Crippen molar-refractivity contribution in [1.82, 2.24) is 20.0 Å². The predicted molar refractivity (Wildman–Crippen MR) is 78.5 cm³/mol. The minimum atomic E-state index is 0.580. The second kappa shape index (κ2) is 6.48. The smallest absolute Gasteiger partial charge is 0.210 e. The molecular weight excluding hydrogens is 290 g/mol. The fourth-order valence-corrected chi connectivity index (χ4v) is 3.30. The predicted octanol–water partition coefficient (Wildman–Crippen LogP) is 1.34. The van der Waals surface area contributed by atoms with Gasteiger partial charge in [-0.2, -0.15) is 0 Å². The zero-order chi connectivity index (χ0) is 14.7. The number of aromatic nitrogens is 4. The Labute approximate surface area is 127 Å². The minimum absolute atomic E-state index is 0.580. The molecule has 3 rings (SSSR count). The molecule has 0 spiro atoms. The molecule has 0 saturated heterocycles. The first-order chi connectivity index (χ1) is 10.3. The molecule has 2 heterocycles. The second-order valence-electron chi connectivity index (χ2n) is 5.04. The molecule has 0 aromatic carbocycles. The molecule has 1 aliphatic carbocycles. The number of nitrogens with two attached hydrogens (primary N) is 1. The van der Waals surface area contributed by atoms with E-state index < -0.39 is 0 Å². The number of hydrogen-bond acceptors (Lipinski definition) is 7. The average molecular weight is 309 g/mol. The number of aryl methyl sites for hydroxylation is 1. The number of rotatable bonds is 6. The fraction of sp³-hybridized carbons (Fsp3) is 0.615. The number of nitrogens with zero attached hydrogens (tertiary/aromatic N) is 4. The van der Waals surface area contributed by atoms with Crippen LogP contribution in [0, 0.1) is 0 Å². The standard InChI is InChI=1S/C13H19N5O2S/c1-19-7-6-12-15-16-13(18(12)14)21-8-10-9-4-2-3-5-11(9)20-17-10/h2-8,14H2,1H3. The van der Waals surface area contributed by atoms with Crippen LogP contribution in [0.1, 0.15) is 35.7 Å². The first-order valence-corrected chi connectivity index (χ1v) is 8.05. The van der Waals surface area contributed by atoms with Gasteiger partial charge in [-0.15, -0.1) is 10.2 Å². The maximum Gasteiger partial charge on any atom is 0.210 e. The van der Waals surface area contributed by atoms with Gasteiger partial charge in [-0.1, -0.05) is 16.9 Å². The molecule has 7 nitrogen and oxygen atoms in total. The molecule has 0 bridgehead atoms. The largest absolute Gasteiger partial charge is 0.384 e. The zero-order valence-corrected chi connectivity index (χ0v) is 12.9. The van der Waals surface area contributed by atoms with Crippen LogP contribution in [0.2, 0.25) is 0 Å². The van der Waals surface area contributed by atoms with Crippen molar-refractivity contribution in [2.24, 2.45) is 0 Å². The summed E-state index contributed by atoms with van der Waals surface area (Å²) >= 11 is 1.53. The van der Waals surface area contributed by atoms with Crippen LogP contribution in [-0.2, 0) is 29.8 Å². The average Bonchev–Trinajstić information content (AvgIpc) is 3.07. The van der Waals surface area contributed by atoms with E-state index in [0.29, 0.717) is 23.9 Å². The topological polar surface area (TPSA) is 92.0 Å². The first kappa shape index (κ1) is 14.4. The van der Waals surface area contributed by atoms with E-state index in [4.69, 9.17) is 15.1 Å². The van der Waals surface area contributed by atoms with Crippen molar-refractivity contribution in [3.05, 3.63) is 22.8 Å². The quantitative estimate of drug-likeness (QED) is 0.636. The van der Waals surface area contributed by atoms with Gasteiger partial charge in [-0.25, -0.2) is 4.68 Å². The molecule has 2 aromatic rings. The lowest BCUT2D eigenvalue weighted by Crippen LogP contribution is -2.15. The van der Waals surface area contributed by atoms with Gasteiger partial charge in [-0.05, 0) is 19.3 Å².